The summed E-state index contributed by atoms with van der Waals surface area (Å²) in [5.41, 5.74) is 1.25. The molecule has 0 aromatic carbocycles. The van der Waals surface area contributed by atoms with Crippen molar-refractivity contribution in [3.05, 3.63) is 18.1 Å². The van der Waals surface area contributed by atoms with Gasteiger partial charge in [0.25, 0.3) is 0 Å². The van der Waals surface area contributed by atoms with Crippen LogP contribution in [0, 0.1) is 0 Å². The zero-order valence-electron chi connectivity index (χ0n) is 12.0. The predicted octanol–water partition coefficient (Wildman–Crippen LogP) is 2.27. The minimum atomic E-state index is 0.625. The smallest absolute Gasteiger partial charge is 0.132 e. The van der Waals surface area contributed by atoms with E-state index in [1.807, 2.05) is 0 Å². The first-order chi connectivity index (χ1) is 9.24. The number of piperidine rings is 1. The Balaban J connectivity index is 1.70. The van der Waals surface area contributed by atoms with Crippen molar-refractivity contribution in [1.29, 1.82) is 0 Å². The molecule has 0 amide bonds. The highest BCUT2D eigenvalue weighted by molar-refractivity contribution is 5.40. The summed E-state index contributed by atoms with van der Waals surface area (Å²) in [6.45, 7) is 2.38. The van der Waals surface area contributed by atoms with Gasteiger partial charge in [-0.3, -0.25) is 0 Å². The normalized spacial score (nSPS) is 22.2. The third-order valence-corrected chi connectivity index (χ3v) is 4.79. The van der Waals surface area contributed by atoms with Gasteiger partial charge < -0.3 is 9.80 Å². The Bertz CT molecular complexity index is 422. The fourth-order valence-electron chi connectivity index (χ4n) is 3.05. The summed E-state index contributed by atoms with van der Waals surface area (Å²) in [6, 6.07) is 2.84. The molecule has 2 heterocycles. The highest BCUT2D eigenvalue weighted by atomic mass is 15.2. The highest BCUT2D eigenvalue weighted by Gasteiger charge is 2.24. The lowest BCUT2D eigenvalue weighted by Crippen LogP contribution is -2.42. The van der Waals surface area contributed by atoms with Crippen molar-refractivity contribution in [1.82, 2.24) is 14.9 Å². The zero-order valence-corrected chi connectivity index (χ0v) is 12.0. The molecule has 1 aliphatic carbocycles. The van der Waals surface area contributed by atoms with Crippen molar-refractivity contribution in [3.63, 3.8) is 0 Å². The van der Waals surface area contributed by atoms with Gasteiger partial charge >= 0.3 is 0 Å². The van der Waals surface area contributed by atoms with Crippen LogP contribution >= 0.6 is 0 Å². The predicted molar refractivity (Wildman–Crippen MR) is 77.5 cm³/mol. The number of likely N-dealkylation sites (tertiary alicyclic amines) is 1. The van der Waals surface area contributed by atoms with Crippen molar-refractivity contribution >= 4 is 5.82 Å². The lowest BCUT2D eigenvalue weighted by molar-refractivity contribution is 0.252. The molecule has 0 spiro atoms. The quantitative estimate of drug-likeness (QED) is 0.834. The summed E-state index contributed by atoms with van der Waals surface area (Å²) in [4.78, 5) is 13.7. The third kappa shape index (κ3) is 2.73. The number of aromatic nitrogens is 2. The monoisotopic (exact) mass is 260 g/mol. The first-order valence-electron chi connectivity index (χ1n) is 7.47. The average Bonchev–Trinajstić information content (AvgIpc) is 2.37. The second-order valence-corrected chi connectivity index (χ2v) is 6.07. The van der Waals surface area contributed by atoms with Gasteiger partial charge in [0, 0.05) is 30.8 Å². The van der Waals surface area contributed by atoms with Gasteiger partial charge in [0.2, 0.25) is 0 Å². The molecule has 0 N–H and O–H groups in total. The molecule has 0 atom stereocenters. The van der Waals surface area contributed by atoms with Gasteiger partial charge in [0.15, 0.2) is 0 Å². The molecule has 1 aliphatic heterocycles. The average molecular weight is 260 g/mol. The van der Waals surface area contributed by atoms with Crippen molar-refractivity contribution in [2.24, 2.45) is 0 Å². The number of anilines is 1. The largest absolute Gasteiger partial charge is 0.356 e. The van der Waals surface area contributed by atoms with E-state index in [4.69, 9.17) is 0 Å². The molecule has 19 heavy (non-hydrogen) atoms. The van der Waals surface area contributed by atoms with Crippen molar-refractivity contribution in [3.8, 4) is 0 Å². The van der Waals surface area contributed by atoms with Gasteiger partial charge in [0.1, 0.15) is 12.1 Å². The second kappa shape index (κ2) is 5.45. The molecular weight excluding hydrogens is 236 g/mol. The molecule has 1 saturated heterocycles. The van der Waals surface area contributed by atoms with Gasteiger partial charge in [-0.2, -0.15) is 0 Å². The number of nitrogens with zero attached hydrogens (tertiary/aromatic N) is 4. The lowest BCUT2D eigenvalue weighted by Gasteiger charge is -2.36. The van der Waals surface area contributed by atoms with Crippen LogP contribution in [0.5, 0.6) is 0 Å². The summed E-state index contributed by atoms with van der Waals surface area (Å²) >= 11 is 0. The van der Waals surface area contributed by atoms with Crippen LogP contribution in [0.1, 0.15) is 43.7 Å². The Morgan fingerprint density at radius 1 is 1.16 bits per heavy atom. The fraction of sp³-hybridized carbons (Fsp3) is 0.733. The van der Waals surface area contributed by atoms with E-state index >= 15 is 0 Å². The molecule has 0 unspecified atom stereocenters. The molecule has 4 nitrogen and oxygen atoms in total. The van der Waals surface area contributed by atoms with Gasteiger partial charge in [-0.05, 0) is 45.8 Å². The van der Waals surface area contributed by atoms with E-state index in [2.05, 4.69) is 39.9 Å². The van der Waals surface area contributed by atoms with Crippen LogP contribution in [-0.4, -0.2) is 48.1 Å². The fourth-order valence-corrected chi connectivity index (χ4v) is 3.05. The topological polar surface area (TPSA) is 32.3 Å². The first-order valence-corrected chi connectivity index (χ1v) is 7.47. The van der Waals surface area contributed by atoms with Crippen LogP contribution in [0.3, 0.4) is 0 Å². The number of hydrogen-bond donors (Lipinski definition) is 0. The summed E-state index contributed by atoms with van der Waals surface area (Å²) < 4.78 is 0. The molecule has 2 fully saturated rings. The maximum Gasteiger partial charge on any atom is 0.132 e. The molecule has 0 radical (unpaired) electrons. The third-order valence-electron chi connectivity index (χ3n) is 4.79. The first kappa shape index (κ1) is 12.9. The minimum Gasteiger partial charge on any atom is -0.356 e. The van der Waals surface area contributed by atoms with Crippen LogP contribution in [0.2, 0.25) is 0 Å². The maximum atomic E-state index is 4.48. The van der Waals surface area contributed by atoms with Crippen LogP contribution < -0.4 is 4.90 Å². The van der Waals surface area contributed by atoms with E-state index in [1.165, 1.54) is 50.9 Å². The lowest BCUT2D eigenvalue weighted by atomic mass is 9.83. The molecule has 0 bridgehead atoms. The minimum absolute atomic E-state index is 0.625. The van der Waals surface area contributed by atoms with Crippen molar-refractivity contribution in [2.75, 3.05) is 32.1 Å². The van der Waals surface area contributed by atoms with E-state index in [0.29, 0.717) is 12.0 Å². The molecule has 104 valence electrons. The Morgan fingerprint density at radius 2 is 1.89 bits per heavy atom. The van der Waals surface area contributed by atoms with Gasteiger partial charge in [-0.25, -0.2) is 9.97 Å². The summed E-state index contributed by atoms with van der Waals surface area (Å²) in [5.74, 6) is 1.79. The Labute approximate surface area is 115 Å². The number of hydrogen-bond acceptors (Lipinski definition) is 4. The van der Waals surface area contributed by atoms with Crippen molar-refractivity contribution < 1.29 is 0 Å². The standard InChI is InChI=1S/C15H24N4/c1-18-8-6-13(7-9-18)19(2)15-10-14(16-11-17-15)12-4-3-5-12/h10-13H,3-9H2,1-2H3. The van der Waals surface area contributed by atoms with E-state index in [9.17, 15) is 0 Å². The summed E-state index contributed by atoms with van der Waals surface area (Å²) in [5, 5.41) is 0. The second-order valence-electron chi connectivity index (χ2n) is 6.07. The van der Waals surface area contributed by atoms with Gasteiger partial charge in [-0.15, -0.1) is 0 Å². The van der Waals surface area contributed by atoms with E-state index in [1.54, 1.807) is 6.33 Å². The molecule has 1 aromatic rings. The van der Waals surface area contributed by atoms with Crippen LogP contribution in [0.4, 0.5) is 5.82 Å². The Kier molecular flexibility index (Phi) is 3.69. The molecule has 1 aromatic heterocycles. The van der Waals surface area contributed by atoms with Crippen LogP contribution in [0.25, 0.3) is 0 Å². The molecule has 1 saturated carbocycles. The SMILES string of the molecule is CN1CCC(N(C)c2cc(C3CCC3)ncn2)CC1. The molecule has 2 aliphatic rings. The van der Waals surface area contributed by atoms with Gasteiger partial charge in [-0.1, -0.05) is 6.42 Å². The Morgan fingerprint density at radius 3 is 2.53 bits per heavy atom. The van der Waals surface area contributed by atoms with E-state index in [0.717, 1.165) is 5.82 Å². The van der Waals surface area contributed by atoms with E-state index in [-0.39, 0.29) is 0 Å². The summed E-state index contributed by atoms with van der Waals surface area (Å²) in [7, 11) is 4.39. The van der Waals surface area contributed by atoms with Crippen molar-refractivity contribution in [2.45, 2.75) is 44.1 Å². The van der Waals surface area contributed by atoms with Crippen LogP contribution in [-0.2, 0) is 0 Å². The molecular formula is C15H24N4. The maximum absolute atomic E-state index is 4.48. The van der Waals surface area contributed by atoms with Gasteiger partial charge in [0.05, 0.1) is 0 Å². The number of rotatable bonds is 3. The zero-order chi connectivity index (χ0) is 13.2. The highest BCUT2D eigenvalue weighted by Crippen LogP contribution is 2.36. The Hall–Kier alpha value is -1.16. The molecule has 4 heteroatoms. The van der Waals surface area contributed by atoms with Crippen LogP contribution in [0.15, 0.2) is 12.4 Å². The molecule has 3 rings (SSSR count). The summed E-state index contributed by atoms with van der Waals surface area (Å²) in [6.07, 6.45) is 8.16. The van der Waals surface area contributed by atoms with E-state index < -0.39 is 0 Å².